The van der Waals surface area contributed by atoms with E-state index in [-0.39, 0.29) is 30.1 Å². The van der Waals surface area contributed by atoms with E-state index in [0.29, 0.717) is 12.6 Å². The number of nitrogens with one attached hydrogen (secondary N) is 2. The smallest absolute Gasteiger partial charge is 0.191 e. The number of aliphatic imine (C=N–C) groups is 1. The minimum atomic E-state index is 0. The Balaban J connectivity index is 0.00000261. The van der Waals surface area contributed by atoms with Gasteiger partial charge in [-0.1, -0.05) is 12.1 Å². The molecule has 0 spiro atoms. The third kappa shape index (κ3) is 6.80. The molecule has 0 saturated carbocycles. The van der Waals surface area contributed by atoms with Crippen molar-refractivity contribution in [2.45, 2.75) is 32.9 Å². The van der Waals surface area contributed by atoms with Crippen molar-refractivity contribution in [3.63, 3.8) is 0 Å². The van der Waals surface area contributed by atoms with Crippen molar-refractivity contribution in [2.24, 2.45) is 4.99 Å². The Morgan fingerprint density at radius 3 is 2.67 bits per heavy atom. The van der Waals surface area contributed by atoms with Gasteiger partial charge in [0, 0.05) is 51.9 Å². The fourth-order valence-electron chi connectivity index (χ4n) is 3.65. The molecule has 4 rings (SSSR count). The van der Waals surface area contributed by atoms with E-state index in [1.54, 1.807) is 0 Å². The molecule has 152 valence electrons. The van der Waals surface area contributed by atoms with Crippen LogP contribution in [0.1, 0.15) is 19.4 Å². The first-order valence-corrected chi connectivity index (χ1v) is 9.86. The summed E-state index contributed by atoms with van der Waals surface area (Å²) in [6.07, 6.45) is 0.0350. The third-order valence-electron chi connectivity index (χ3n) is 5.07. The molecule has 0 aromatic heterocycles. The van der Waals surface area contributed by atoms with Crippen molar-refractivity contribution in [1.29, 1.82) is 0 Å². The summed E-state index contributed by atoms with van der Waals surface area (Å²) in [7, 11) is 0. The fraction of sp³-hybridized carbons (Fsp3) is 0.650. The van der Waals surface area contributed by atoms with Crippen molar-refractivity contribution < 1.29 is 4.74 Å². The second-order valence-electron chi connectivity index (χ2n) is 7.34. The molecule has 0 amide bonds. The van der Waals surface area contributed by atoms with Crippen LogP contribution in [0, 0.1) is 6.92 Å². The Morgan fingerprint density at radius 1 is 1.26 bits per heavy atom. The van der Waals surface area contributed by atoms with Gasteiger partial charge in [-0.05, 0) is 38.5 Å². The maximum absolute atomic E-state index is 5.98. The Morgan fingerprint density at radius 2 is 2.04 bits per heavy atom. The first-order valence-electron chi connectivity index (χ1n) is 9.86. The van der Waals surface area contributed by atoms with Gasteiger partial charge in [0.05, 0.1) is 6.54 Å². The molecule has 3 fully saturated rings. The predicted molar refractivity (Wildman–Crippen MR) is 122 cm³/mol. The lowest BCUT2D eigenvalue weighted by atomic mass is 10.1. The van der Waals surface area contributed by atoms with Crippen molar-refractivity contribution in [2.75, 3.05) is 52.4 Å². The lowest BCUT2D eigenvalue weighted by molar-refractivity contribution is 0.0154. The Bertz CT molecular complexity index is 604. The number of ether oxygens (including phenoxy) is 1. The fourth-order valence-corrected chi connectivity index (χ4v) is 3.65. The summed E-state index contributed by atoms with van der Waals surface area (Å²) in [5, 5.41) is 6.86. The standard InChI is InChI=1S/C20H33N5O.HI/c1-4-21-20(23-14-18-15-24-8-10-25(18)11-9-24)22-13-17(3)26-19-7-5-6-16(2)12-19;/h5-7,12,17-18H,4,8-11,13-15H2,1-3H3,(H2,21,22,23);1H. The van der Waals surface area contributed by atoms with Crippen LogP contribution in [0.2, 0.25) is 0 Å². The number of piperazine rings is 3. The summed E-state index contributed by atoms with van der Waals surface area (Å²) >= 11 is 0. The zero-order valence-corrected chi connectivity index (χ0v) is 19.1. The number of hydrogen-bond donors (Lipinski definition) is 2. The van der Waals surface area contributed by atoms with Crippen molar-refractivity contribution in [3.05, 3.63) is 29.8 Å². The molecule has 2 N–H and O–H groups in total. The average Bonchev–Trinajstić information content (AvgIpc) is 2.65. The Labute approximate surface area is 180 Å². The van der Waals surface area contributed by atoms with Gasteiger partial charge in [0.15, 0.2) is 5.96 Å². The lowest BCUT2D eigenvalue weighted by Crippen LogP contribution is -2.63. The van der Waals surface area contributed by atoms with Crippen molar-refractivity contribution in [3.8, 4) is 5.75 Å². The SMILES string of the molecule is CCNC(=NCC(C)Oc1cccc(C)c1)NCC1CN2CCN1CC2.I. The van der Waals surface area contributed by atoms with Crippen molar-refractivity contribution in [1.82, 2.24) is 20.4 Å². The van der Waals surface area contributed by atoms with Gasteiger partial charge >= 0.3 is 0 Å². The molecule has 3 aliphatic heterocycles. The number of fused-ring (bicyclic) bond motifs is 3. The van der Waals surface area contributed by atoms with Gasteiger partial charge in [-0.15, -0.1) is 24.0 Å². The highest BCUT2D eigenvalue weighted by atomic mass is 127. The van der Waals surface area contributed by atoms with E-state index in [9.17, 15) is 0 Å². The van der Waals surface area contributed by atoms with Crippen LogP contribution in [0.15, 0.2) is 29.3 Å². The maximum atomic E-state index is 5.98. The van der Waals surface area contributed by atoms with E-state index >= 15 is 0 Å². The average molecular weight is 487 g/mol. The molecular weight excluding hydrogens is 453 g/mol. The molecule has 27 heavy (non-hydrogen) atoms. The minimum Gasteiger partial charge on any atom is -0.489 e. The lowest BCUT2D eigenvalue weighted by Gasteiger charge is -2.47. The number of benzene rings is 1. The number of aryl methyl sites for hydroxylation is 1. The van der Waals surface area contributed by atoms with Crippen LogP contribution in [0.5, 0.6) is 5.75 Å². The van der Waals surface area contributed by atoms with E-state index in [2.05, 4.69) is 53.3 Å². The number of halogens is 1. The quantitative estimate of drug-likeness (QED) is 0.350. The molecule has 3 heterocycles. The number of guanidine groups is 1. The van der Waals surface area contributed by atoms with Gasteiger partial charge in [0.2, 0.25) is 0 Å². The zero-order chi connectivity index (χ0) is 18.4. The van der Waals surface area contributed by atoms with Crippen LogP contribution in [-0.2, 0) is 0 Å². The molecule has 0 radical (unpaired) electrons. The van der Waals surface area contributed by atoms with Gasteiger partial charge in [-0.2, -0.15) is 0 Å². The molecule has 3 aliphatic rings. The van der Waals surface area contributed by atoms with Crippen LogP contribution in [0.4, 0.5) is 0 Å². The van der Waals surface area contributed by atoms with Gasteiger partial charge in [0.1, 0.15) is 11.9 Å². The summed E-state index contributed by atoms with van der Waals surface area (Å²) in [6, 6.07) is 8.75. The molecular formula is C20H34IN5O. The predicted octanol–water partition coefficient (Wildman–Crippen LogP) is 1.94. The molecule has 1 aromatic carbocycles. The molecule has 2 bridgehead atoms. The number of nitrogens with zero attached hydrogens (tertiary/aromatic N) is 3. The second kappa shape index (κ2) is 11.1. The minimum absolute atomic E-state index is 0. The Hall–Kier alpha value is -1.06. The molecule has 2 atom stereocenters. The van der Waals surface area contributed by atoms with E-state index in [4.69, 9.17) is 9.73 Å². The molecule has 0 aliphatic carbocycles. The van der Waals surface area contributed by atoms with E-state index in [1.807, 2.05) is 12.1 Å². The normalized spacial score (nSPS) is 25.4. The first-order chi connectivity index (χ1) is 12.6. The highest BCUT2D eigenvalue weighted by molar-refractivity contribution is 14.0. The molecule has 7 heteroatoms. The second-order valence-corrected chi connectivity index (χ2v) is 7.34. The summed E-state index contributed by atoms with van der Waals surface area (Å²) in [4.78, 5) is 9.88. The van der Waals surface area contributed by atoms with Crippen LogP contribution in [0.25, 0.3) is 0 Å². The Kier molecular flexibility index (Phi) is 9.11. The first kappa shape index (κ1) is 22.2. The zero-order valence-electron chi connectivity index (χ0n) is 16.8. The highest BCUT2D eigenvalue weighted by Crippen LogP contribution is 2.15. The van der Waals surface area contributed by atoms with Crippen LogP contribution < -0.4 is 15.4 Å². The maximum Gasteiger partial charge on any atom is 0.191 e. The summed E-state index contributed by atoms with van der Waals surface area (Å²) in [5.41, 5.74) is 1.21. The van der Waals surface area contributed by atoms with Gasteiger partial charge in [0.25, 0.3) is 0 Å². The molecule has 6 nitrogen and oxygen atoms in total. The number of hydrogen-bond acceptors (Lipinski definition) is 4. The summed E-state index contributed by atoms with van der Waals surface area (Å²) < 4.78 is 5.98. The number of rotatable bonds is 7. The molecule has 3 saturated heterocycles. The van der Waals surface area contributed by atoms with Crippen molar-refractivity contribution >= 4 is 29.9 Å². The van der Waals surface area contributed by atoms with E-state index in [0.717, 1.165) is 24.8 Å². The third-order valence-corrected chi connectivity index (χ3v) is 5.07. The van der Waals surface area contributed by atoms with Gasteiger partial charge in [-0.25, -0.2) is 4.99 Å². The largest absolute Gasteiger partial charge is 0.489 e. The van der Waals surface area contributed by atoms with Crippen LogP contribution in [0.3, 0.4) is 0 Å². The van der Waals surface area contributed by atoms with E-state index < -0.39 is 0 Å². The topological polar surface area (TPSA) is 52.1 Å². The summed E-state index contributed by atoms with van der Waals surface area (Å²) in [6.45, 7) is 14.7. The van der Waals surface area contributed by atoms with Gasteiger partial charge < -0.3 is 15.4 Å². The summed E-state index contributed by atoms with van der Waals surface area (Å²) in [5.74, 6) is 1.79. The van der Waals surface area contributed by atoms with Crippen LogP contribution >= 0.6 is 24.0 Å². The van der Waals surface area contributed by atoms with E-state index in [1.165, 1.54) is 38.3 Å². The highest BCUT2D eigenvalue weighted by Gasteiger charge is 2.31. The van der Waals surface area contributed by atoms with Crippen LogP contribution in [-0.4, -0.2) is 80.3 Å². The molecule has 1 aromatic rings. The van der Waals surface area contributed by atoms with Gasteiger partial charge in [-0.3, -0.25) is 9.80 Å². The monoisotopic (exact) mass is 487 g/mol. The molecule has 2 unspecified atom stereocenters.